The molecule has 0 saturated carbocycles. The molecule has 0 bridgehead atoms. The molecular weight excluding hydrogens is 262 g/mol. The van der Waals surface area contributed by atoms with Crippen molar-refractivity contribution in [1.29, 1.82) is 0 Å². The molecule has 0 unspecified atom stereocenters. The molecule has 1 nitrogen and oxygen atoms in total. The monoisotopic (exact) mass is 285 g/mol. The van der Waals surface area contributed by atoms with Gasteiger partial charge in [0.2, 0.25) is 0 Å². The van der Waals surface area contributed by atoms with Crippen LogP contribution in [0.15, 0.2) is 47.5 Å². The largest absolute Gasteiger partial charge is 0.261 e. The molecule has 0 amide bonds. The smallest absolute Gasteiger partial charge is 0.0372 e. The molecule has 1 heterocycles. The van der Waals surface area contributed by atoms with E-state index in [-0.39, 0.29) is 0 Å². The lowest BCUT2D eigenvalue weighted by molar-refractivity contribution is 0.733. The fraction of sp³-hybridized carbons (Fsp3) is 0.389. The normalized spacial score (nSPS) is 12.3. The maximum absolute atomic E-state index is 4.34. The van der Waals surface area contributed by atoms with E-state index in [1.807, 2.05) is 24.9 Å². The van der Waals surface area contributed by atoms with Crippen LogP contribution in [0.5, 0.6) is 0 Å². The number of aromatic nitrogens is 1. The van der Waals surface area contributed by atoms with Gasteiger partial charge < -0.3 is 0 Å². The SMILES string of the molecule is CC[C@H](C)c1ccc(SCCc2ccc(C)nc2)cc1. The van der Waals surface area contributed by atoms with E-state index in [1.54, 1.807) is 0 Å². The Labute approximate surface area is 126 Å². The van der Waals surface area contributed by atoms with E-state index < -0.39 is 0 Å². The van der Waals surface area contributed by atoms with Gasteiger partial charge in [0.25, 0.3) is 0 Å². The molecule has 0 radical (unpaired) electrons. The predicted molar refractivity (Wildman–Crippen MR) is 88.6 cm³/mol. The highest BCUT2D eigenvalue weighted by molar-refractivity contribution is 7.99. The second-order valence-electron chi connectivity index (χ2n) is 5.28. The Kier molecular flexibility index (Phi) is 5.66. The molecule has 0 aliphatic carbocycles. The van der Waals surface area contributed by atoms with Crippen molar-refractivity contribution in [3.63, 3.8) is 0 Å². The van der Waals surface area contributed by atoms with E-state index >= 15 is 0 Å². The summed E-state index contributed by atoms with van der Waals surface area (Å²) in [6.45, 7) is 6.55. The number of hydrogen-bond acceptors (Lipinski definition) is 2. The van der Waals surface area contributed by atoms with Crippen LogP contribution in [0, 0.1) is 6.92 Å². The molecule has 20 heavy (non-hydrogen) atoms. The summed E-state index contributed by atoms with van der Waals surface area (Å²) in [5.41, 5.74) is 3.85. The van der Waals surface area contributed by atoms with Gasteiger partial charge in [0.15, 0.2) is 0 Å². The third kappa shape index (κ3) is 4.38. The lowest BCUT2D eigenvalue weighted by atomic mass is 9.99. The maximum Gasteiger partial charge on any atom is 0.0372 e. The third-order valence-electron chi connectivity index (χ3n) is 3.69. The molecule has 2 heteroatoms. The van der Waals surface area contributed by atoms with Gasteiger partial charge in [0.05, 0.1) is 0 Å². The summed E-state index contributed by atoms with van der Waals surface area (Å²) >= 11 is 1.92. The summed E-state index contributed by atoms with van der Waals surface area (Å²) in [6.07, 6.45) is 4.26. The first-order valence-corrected chi connectivity index (χ1v) is 8.32. The zero-order valence-electron chi connectivity index (χ0n) is 12.6. The topological polar surface area (TPSA) is 12.9 Å². The van der Waals surface area contributed by atoms with E-state index in [0.29, 0.717) is 5.92 Å². The van der Waals surface area contributed by atoms with Gasteiger partial charge in [-0.05, 0) is 55.0 Å². The van der Waals surface area contributed by atoms with E-state index in [1.165, 1.54) is 22.4 Å². The van der Waals surface area contributed by atoms with E-state index in [2.05, 4.69) is 55.2 Å². The average molecular weight is 285 g/mol. The van der Waals surface area contributed by atoms with Crippen LogP contribution in [-0.2, 0) is 6.42 Å². The minimum Gasteiger partial charge on any atom is -0.261 e. The van der Waals surface area contributed by atoms with Crippen LogP contribution in [-0.4, -0.2) is 10.7 Å². The van der Waals surface area contributed by atoms with Gasteiger partial charge >= 0.3 is 0 Å². The third-order valence-corrected chi connectivity index (χ3v) is 4.71. The highest BCUT2D eigenvalue weighted by Crippen LogP contribution is 2.24. The standard InChI is InChI=1S/C18H23NS/c1-4-14(2)17-7-9-18(10-8-17)20-12-11-16-6-5-15(3)19-13-16/h5-10,13-14H,4,11-12H2,1-3H3/t14-/m0/s1. The summed E-state index contributed by atoms with van der Waals surface area (Å²) < 4.78 is 0. The molecule has 0 aliphatic rings. The van der Waals surface area contributed by atoms with Crippen LogP contribution in [0.4, 0.5) is 0 Å². The van der Waals surface area contributed by atoms with Gasteiger partial charge in [-0.3, -0.25) is 4.98 Å². The van der Waals surface area contributed by atoms with E-state index in [9.17, 15) is 0 Å². The van der Waals surface area contributed by atoms with Crippen molar-refractivity contribution in [1.82, 2.24) is 4.98 Å². The van der Waals surface area contributed by atoms with Crippen molar-refractivity contribution in [2.24, 2.45) is 0 Å². The predicted octanol–water partition coefficient (Wildman–Crippen LogP) is 5.24. The van der Waals surface area contributed by atoms with Gasteiger partial charge in [-0.1, -0.05) is 32.0 Å². The quantitative estimate of drug-likeness (QED) is 0.673. The number of nitrogens with zero attached hydrogens (tertiary/aromatic N) is 1. The van der Waals surface area contributed by atoms with Crippen LogP contribution in [0.3, 0.4) is 0 Å². The minimum absolute atomic E-state index is 0.660. The number of pyridine rings is 1. The number of hydrogen-bond donors (Lipinski definition) is 0. The van der Waals surface area contributed by atoms with Crippen LogP contribution in [0.1, 0.15) is 43.0 Å². The zero-order valence-corrected chi connectivity index (χ0v) is 13.4. The van der Waals surface area contributed by atoms with Crippen molar-refractivity contribution < 1.29 is 0 Å². The van der Waals surface area contributed by atoms with Crippen LogP contribution >= 0.6 is 11.8 Å². The molecule has 106 valence electrons. The second kappa shape index (κ2) is 7.49. The summed E-state index contributed by atoms with van der Waals surface area (Å²) in [5.74, 6) is 1.76. The molecule has 0 N–H and O–H groups in total. The number of aryl methyl sites for hydroxylation is 2. The summed E-state index contributed by atoms with van der Waals surface area (Å²) in [7, 11) is 0. The first-order chi connectivity index (χ1) is 9.69. The van der Waals surface area contributed by atoms with Crippen molar-refractivity contribution >= 4 is 11.8 Å². The first-order valence-electron chi connectivity index (χ1n) is 7.33. The number of thioether (sulfide) groups is 1. The van der Waals surface area contributed by atoms with Crippen molar-refractivity contribution in [2.75, 3.05) is 5.75 Å². The Morgan fingerprint density at radius 3 is 2.45 bits per heavy atom. The highest BCUT2D eigenvalue weighted by Gasteiger charge is 2.02. The molecule has 0 saturated heterocycles. The van der Waals surface area contributed by atoms with Crippen molar-refractivity contribution in [2.45, 2.75) is 44.4 Å². The average Bonchev–Trinajstić information content (AvgIpc) is 2.49. The zero-order chi connectivity index (χ0) is 14.4. The highest BCUT2D eigenvalue weighted by atomic mass is 32.2. The van der Waals surface area contributed by atoms with Gasteiger partial charge in [-0.25, -0.2) is 0 Å². The minimum atomic E-state index is 0.660. The van der Waals surface area contributed by atoms with Crippen LogP contribution in [0.2, 0.25) is 0 Å². The Hall–Kier alpha value is -1.28. The molecule has 1 atom stereocenters. The van der Waals surface area contributed by atoms with Gasteiger partial charge in [0.1, 0.15) is 0 Å². The van der Waals surface area contributed by atoms with Crippen LogP contribution in [0.25, 0.3) is 0 Å². The Balaban J connectivity index is 1.83. The summed E-state index contributed by atoms with van der Waals surface area (Å²) in [6, 6.07) is 13.3. The lowest BCUT2D eigenvalue weighted by Gasteiger charge is -2.09. The Morgan fingerprint density at radius 2 is 1.85 bits per heavy atom. The first kappa shape index (κ1) is 15.1. The van der Waals surface area contributed by atoms with Crippen molar-refractivity contribution in [3.8, 4) is 0 Å². The number of rotatable bonds is 6. The Morgan fingerprint density at radius 1 is 1.10 bits per heavy atom. The molecule has 2 rings (SSSR count). The maximum atomic E-state index is 4.34. The molecule has 1 aromatic carbocycles. The van der Waals surface area contributed by atoms with Crippen molar-refractivity contribution in [3.05, 3.63) is 59.4 Å². The second-order valence-corrected chi connectivity index (χ2v) is 6.45. The number of benzene rings is 1. The summed E-state index contributed by atoms with van der Waals surface area (Å²) in [4.78, 5) is 5.69. The molecule has 0 spiro atoms. The Bertz CT molecular complexity index is 516. The fourth-order valence-corrected chi connectivity index (χ4v) is 2.96. The van der Waals surface area contributed by atoms with Gasteiger partial charge in [-0.2, -0.15) is 0 Å². The lowest BCUT2D eigenvalue weighted by Crippen LogP contribution is -1.92. The van der Waals surface area contributed by atoms with Crippen LogP contribution < -0.4 is 0 Å². The molecule has 0 aliphatic heterocycles. The molecular formula is C18H23NS. The molecule has 1 aromatic heterocycles. The molecule has 0 fully saturated rings. The van der Waals surface area contributed by atoms with E-state index in [4.69, 9.17) is 0 Å². The van der Waals surface area contributed by atoms with Gasteiger partial charge in [0, 0.05) is 22.5 Å². The molecule has 2 aromatic rings. The van der Waals surface area contributed by atoms with Gasteiger partial charge in [-0.15, -0.1) is 11.8 Å². The summed E-state index contributed by atoms with van der Waals surface area (Å²) in [5, 5.41) is 0. The van der Waals surface area contributed by atoms with E-state index in [0.717, 1.165) is 17.9 Å². The fourth-order valence-electron chi connectivity index (χ4n) is 2.06.